The van der Waals surface area contributed by atoms with Gasteiger partial charge >= 0.3 is 0 Å². The van der Waals surface area contributed by atoms with E-state index in [1.807, 2.05) is 26.8 Å². The van der Waals surface area contributed by atoms with Crippen LogP contribution in [0, 0.1) is 6.92 Å². The fraction of sp³-hybridized carbons (Fsp3) is 0.600. The van der Waals surface area contributed by atoms with Crippen molar-refractivity contribution in [2.75, 3.05) is 0 Å². The number of benzene rings is 1. The van der Waals surface area contributed by atoms with E-state index >= 15 is 0 Å². The van der Waals surface area contributed by atoms with Crippen LogP contribution in [0.2, 0.25) is 0 Å². The van der Waals surface area contributed by atoms with E-state index in [4.69, 9.17) is 9.47 Å². The van der Waals surface area contributed by atoms with E-state index in [0.29, 0.717) is 0 Å². The summed E-state index contributed by atoms with van der Waals surface area (Å²) in [6.45, 7) is 10.1. The maximum absolute atomic E-state index is 9.70. The van der Waals surface area contributed by atoms with Gasteiger partial charge in [-0.2, -0.15) is 0 Å². The number of phenols is 1. The lowest BCUT2D eigenvalue weighted by atomic mass is 9.97. The highest BCUT2D eigenvalue weighted by Crippen LogP contribution is 2.40. The first-order valence-corrected chi connectivity index (χ1v) is 6.37. The van der Waals surface area contributed by atoms with Crippen molar-refractivity contribution in [1.29, 1.82) is 0 Å². The first-order chi connectivity index (χ1) is 8.21. The molecule has 1 aromatic rings. The van der Waals surface area contributed by atoms with Crippen LogP contribution in [0.4, 0.5) is 0 Å². The molecule has 18 heavy (non-hydrogen) atoms. The Kier molecular flexibility index (Phi) is 3.06. The van der Waals surface area contributed by atoms with Crippen LogP contribution in [0.1, 0.15) is 39.7 Å². The van der Waals surface area contributed by atoms with E-state index in [1.165, 1.54) is 0 Å². The molecule has 0 bridgehead atoms. The van der Waals surface area contributed by atoms with E-state index in [-0.39, 0.29) is 23.1 Å². The standard InChI is InChI=1S/C15H22O3/c1-10-11(16)7-6-8-12(10)17-13-9-14(2,3)18-15(13,4)5/h6-8,13,16H,9H2,1-5H3. The summed E-state index contributed by atoms with van der Waals surface area (Å²) < 4.78 is 12.1. The molecule has 1 heterocycles. The molecule has 1 aliphatic rings. The smallest absolute Gasteiger partial charge is 0.130 e. The Morgan fingerprint density at radius 1 is 1.28 bits per heavy atom. The van der Waals surface area contributed by atoms with Gasteiger partial charge in [0.2, 0.25) is 0 Å². The van der Waals surface area contributed by atoms with Gasteiger partial charge in [-0.3, -0.25) is 0 Å². The lowest BCUT2D eigenvalue weighted by molar-refractivity contribution is -0.0846. The van der Waals surface area contributed by atoms with E-state index < -0.39 is 0 Å². The van der Waals surface area contributed by atoms with Gasteiger partial charge in [-0.15, -0.1) is 0 Å². The molecule has 0 spiro atoms. The van der Waals surface area contributed by atoms with E-state index in [0.717, 1.165) is 17.7 Å². The van der Waals surface area contributed by atoms with Crippen molar-refractivity contribution in [3.05, 3.63) is 23.8 Å². The Labute approximate surface area is 109 Å². The number of rotatable bonds is 2. The van der Waals surface area contributed by atoms with Crippen molar-refractivity contribution >= 4 is 0 Å². The summed E-state index contributed by atoms with van der Waals surface area (Å²) in [6.07, 6.45) is 0.836. The van der Waals surface area contributed by atoms with Crippen LogP contribution in [-0.2, 0) is 4.74 Å². The third kappa shape index (κ3) is 2.46. The molecule has 0 aliphatic carbocycles. The Morgan fingerprint density at radius 3 is 2.50 bits per heavy atom. The molecule has 0 aromatic heterocycles. The Hall–Kier alpha value is -1.22. The molecule has 3 nitrogen and oxygen atoms in total. The molecular formula is C15H22O3. The number of aromatic hydroxyl groups is 1. The predicted molar refractivity (Wildman–Crippen MR) is 71.1 cm³/mol. The van der Waals surface area contributed by atoms with Gasteiger partial charge in [0.05, 0.1) is 5.60 Å². The third-order valence-electron chi connectivity index (χ3n) is 3.52. The molecular weight excluding hydrogens is 228 g/mol. The third-order valence-corrected chi connectivity index (χ3v) is 3.52. The van der Waals surface area contributed by atoms with Gasteiger partial charge in [-0.25, -0.2) is 0 Å². The maximum atomic E-state index is 9.70. The minimum absolute atomic E-state index is 0.00648. The summed E-state index contributed by atoms with van der Waals surface area (Å²) in [7, 11) is 0. The first kappa shape index (κ1) is 13.2. The molecule has 100 valence electrons. The lowest BCUT2D eigenvalue weighted by Crippen LogP contribution is -2.36. The normalized spacial score (nSPS) is 25.1. The van der Waals surface area contributed by atoms with Crippen molar-refractivity contribution in [1.82, 2.24) is 0 Å². The molecule has 3 heteroatoms. The second-order valence-corrected chi connectivity index (χ2v) is 6.18. The SMILES string of the molecule is Cc1c(O)cccc1OC1CC(C)(C)OC1(C)C. The summed E-state index contributed by atoms with van der Waals surface area (Å²) in [5.74, 6) is 0.998. The molecule has 0 saturated carbocycles. The van der Waals surface area contributed by atoms with E-state index in [2.05, 4.69) is 13.8 Å². The van der Waals surface area contributed by atoms with Gasteiger partial charge < -0.3 is 14.6 Å². The molecule has 1 aromatic carbocycles. The summed E-state index contributed by atoms with van der Waals surface area (Å²) in [5, 5.41) is 9.70. The topological polar surface area (TPSA) is 38.7 Å². The van der Waals surface area contributed by atoms with Crippen LogP contribution in [0.5, 0.6) is 11.5 Å². The number of phenolic OH excluding ortho intramolecular Hbond substituents is 1. The van der Waals surface area contributed by atoms with Crippen molar-refractivity contribution in [2.24, 2.45) is 0 Å². The first-order valence-electron chi connectivity index (χ1n) is 6.37. The van der Waals surface area contributed by atoms with Crippen LogP contribution in [0.15, 0.2) is 18.2 Å². The summed E-state index contributed by atoms with van der Waals surface area (Å²) in [6, 6.07) is 5.35. The van der Waals surface area contributed by atoms with Gasteiger partial charge in [0.25, 0.3) is 0 Å². The molecule has 1 aliphatic heterocycles. The highest BCUT2D eigenvalue weighted by molar-refractivity contribution is 5.42. The number of ether oxygens (including phenoxy) is 2. The Bertz CT molecular complexity index is 449. The lowest BCUT2D eigenvalue weighted by Gasteiger charge is -2.28. The molecule has 1 saturated heterocycles. The average molecular weight is 250 g/mol. The molecule has 0 radical (unpaired) electrons. The van der Waals surface area contributed by atoms with Gasteiger partial charge in [-0.05, 0) is 46.8 Å². The zero-order chi connectivity index (χ0) is 13.6. The highest BCUT2D eigenvalue weighted by Gasteiger charge is 2.47. The number of hydrogen-bond donors (Lipinski definition) is 1. The maximum Gasteiger partial charge on any atom is 0.130 e. The summed E-state index contributed by atoms with van der Waals surface area (Å²) in [4.78, 5) is 0. The summed E-state index contributed by atoms with van der Waals surface area (Å²) in [5.41, 5.74) is 0.290. The quantitative estimate of drug-likeness (QED) is 0.874. The zero-order valence-electron chi connectivity index (χ0n) is 11.8. The van der Waals surface area contributed by atoms with Crippen molar-refractivity contribution in [3.8, 4) is 11.5 Å². The van der Waals surface area contributed by atoms with Crippen LogP contribution in [-0.4, -0.2) is 22.4 Å². The van der Waals surface area contributed by atoms with Crippen molar-refractivity contribution in [2.45, 2.75) is 58.3 Å². The van der Waals surface area contributed by atoms with Crippen LogP contribution in [0.25, 0.3) is 0 Å². The largest absolute Gasteiger partial charge is 0.508 e. The predicted octanol–water partition coefficient (Wildman–Crippen LogP) is 3.43. The molecule has 1 unspecified atom stereocenters. The average Bonchev–Trinajstić information content (AvgIpc) is 2.42. The molecule has 1 fully saturated rings. The van der Waals surface area contributed by atoms with Gasteiger partial charge in [-0.1, -0.05) is 6.07 Å². The number of hydrogen-bond acceptors (Lipinski definition) is 3. The summed E-state index contributed by atoms with van der Waals surface area (Å²) >= 11 is 0. The van der Waals surface area contributed by atoms with Crippen LogP contribution < -0.4 is 4.74 Å². The van der Waals surface area contributed by atoms with Gasteiger partial charge in [0.1, 0.15) is 23.2 Å². The van der Waals surface area contributed by atoms with Crippen LogP contribution >= 0.6 is 0 Å². The molecule has 0 amide bonds. The van der Waals surface area contributed by atoms with Gasteiger partial charge in [0, 0.05) is 12.0 Å². The minimum Gasteiger partial charge on any atom is -0.508 e. The fourth-order valence-corrected chi connectivity index (χ4v) is 2.58. The highest BCUT2D eigenvalue weighted by atomic mass is 16.6. The molecule has 1 N–H and O–H groups in total. The van der Waals surface area contributed by atoms with E-state index in [1.54, 1.807) is 12.1 Å². The molecule has 2 rings (SSSR count). The van der Waals surface area contributed by atoms with E-state index in [9.17, 15) is 5.11 Å². The van der Waals surface area contributed by atoms with Gasteiger partial charge in [0.15, 0.2) is 0 Å². The molecule has 1 atom stereocenters. The van der Waals surface area contributed by atoms with Crippen molar-refractivity contribution in [3.63, 3.8) is 0 Å². The minimum atomic E-state index is -0.318. The second kappa shape index (κ2) is 4.16. The Balaban J connectivity index is 2.22. The van der Waals surface area contributed by atoms with Crippen molar-refractivity contribution < 1.29 is 14.6 Å². The second-order valence-electron chi connectivity index (χ2n) is 6.18. The monoisotopic (exact) mass is 250 g/mol. The fourth-order valence-electron chi connectivity index (χ4n) is 2.58. The van der Waals surface area contributed by atoms with Crippen LogP contribution in [0.3, 0.4) is 0 Å². The Morgan fingerprint density at radius 2 is 1.94 bits per heavy atom. The zero-order valence-corrected chi connectivity index (χ0v) is 11.8.